The maximum Gasteiger partial charge on any atom is 0.338 e. The first kappa shape index (κ1) is 24.7. The molecular formula is C28H24N2O5S2. The van der Waals surface area contributed by atoms with E-state index in [2.05, 4.69) is 0 Å². The summed E-state index contributed by atoms with van der Waals surface area (Å²) >= 11 is 2.74. The van der Waals surface area contributed by atoms with Crippen molar-refractivity contribution >= 4 is 40.4 Å². The van der Waals surface area contributed by atoms with Crippen LogP contribution >= 0.6 is 22.7 Å². The van der Waals surface area contributed by atoms with E-state index in [4.69, 9.17) is 19.2 Å². The maximum atomic E-state index is 13.9. The molecule has 0 fully saturated rings. The SMILES string of the molecule is CCOC(=O)C1=C(c2ccccc2)N=c2sc(=Cc3cc(OC)ccc3OC)c(=O)n2C1c1cccs1. The third-order valence-electron chi connectivity index (χ3n) is 5.91. The van der Waals surface area contributed by atoms with E-state index in [-0.39, 0.29) is 12.2 Å². The molecule has 188 valence electrons. The first-order valence-corrected chi connectivity index (χ1v) is 13.3. The third-order valence-corrected chi connectivity index (χ3v) is 7.82. The number of esters is 1. The predicted octanol–water partition coefficient (Wildman–Crippen LogP) is 4.01. The highest BCUT2D eigenvalue weighted by Gasteiger charge is 2.35. The molecule has 7 nitrogen and oxygen atoms in total. The summed E-state index contributed by atoms with van der Waals surface area (Å²) in [6, 6.07) is 18.1. The molecular weight excluding hydrogens is 508 g/mol. The molecule has 0 aliphatic carbocycles. The van der Waals surface area contributed by atoms with Crippen molar-refractivity contribution in [2.24, 2.45) is 4.99 Å². The molecule has 1 unspecified atom stereocenters. The van der Waals surface area contributed by atoms with Crippen molar-refractivity contribution in [1.29, 1.82) is 0 Å². The number of ether oxygens (including phenoxy) is 3. The Hall–Kier alpha value is -3.95. The number of fused-ring (bicyclic) bond motifs is 1. The van der Waals surface area contributed by atoms with E-state index >= 15 is 0 Å². The van der Waals surface area contributed by atoms with Gasteiger partial charge in [0.15, 0.2) is 4.80 Å². The summed E-state index contributed by atoms with van der Waals surface area (Å²) in [5.41, 5.74) is 2.07. The number of benzene rings is 2. The van der Waals surface area contributed by atoms with Gasteiger partial charge in [-0.3, -0.25) is 9.36 Å². The molecule has 0 spiro atoms. The number of aromatic nitrogens is 1. The molecule has 2 aromatic carbocycles. The minimum atomic E-state index is -0.667. The van der Waals surface area contributed by atoms with Gasteiger partial charge in [-0.05, 0) is 42.6 Å². The van der Waals surface area contributed by atoms with E-state index in [1.807, 2.05) is 53.9 Å². The van der Waals surface area contributed by atoms with Crippen LogP contribution in [0.1, 0.15) is 29.0 Å². The van der Waals surface area contributed by atoms with Crippen LogP contribution in [0, 0.1) is 0 Å². The van der Waals surface area contributed by atoms with Gasteiger partial charge < -0.3 is 14.2 Å². The van der Waals surface area contributed by atoms with Gasteiger partial charge >= 0.3 is 5.97 Å². The van der Waals surface area contributed by atoms with Crippen LogP contribution in [-0.2, 0) is 9.53 Å². The Balaban J connectivity index is 1.81. The monoisotopic (exact) mass is 532 g/mol. The van der Waals surface area contributed by atoms with Gasteiger partial charge in [-0.25, -0.2) is 9.79 Å². The highest BCUT2D eigenvalue weighted by atomic mass is 32.1. The van der Waals surface area contributed by atoms with E-state index < -0.39 is 12.0 Å². The number of methoxy groups -OCH3 is 2. The molecule has 0 saturated heterocycles. The maximum absolute atomic E-state index is 13.9. The largest absolute Gasteiger partial charge is 0.497 e. The molecule has 3 heterocycles. The first-order valence-electron chi connectivity index (χ1n) is 11.6. The van der Waals surface area contributed by atoms with Crippen LogP contribution in [0.15, 0.2) is 81.4 Å². The number of hydrogen-bond donors (Lipinski definition) is 0. The summed E-state index contributed by atoms with van der Waals surface area (Å²) in [5, 5.41) is 1.93. The minimum Gasteiger partial charge on any atom is -0.497 e. The van der Waals surface area contributed by atoms with Gasteiger partial charge in [-0.1, -0.05) is 47.7 Å². The summed E-state index contributed by atoms with van der Waals surface area (Å²) in [6.07, 6.45) is 1.77. The molecule has 1 aliphatic heterocycles. The predicted molar refractivity (Wildman–Crippen MR) is 145 cm³/mol. The van der Waals surface area contributed by atoms with E-state index in [0.717, 1.165) is 10.4 Å². The standard InChI is InChI=1S/C28H24N2O5S2/c1-4-35-27(32)23-24(17-9-6-5-7-10-17)29-28-30(25(23)21-11-8-14-36-21)26(31)22(37-28)16-18-15-19(33-2)12-13-20(18)34-3/h5-16,25H,4H2,1-3H3. The summed E-state index contributed by atoms with van der Waals surface area (Å²) in [7, 11) is 3.16. The molecule has 5 rings (SSSR count). The van der Waals surface area contributed by atoms with Crippen molar-refractivity contribution < 1.29 is 19.0 Å². The topological polar surface area (TPSA) is 79.1 Å². The summed E-state index contributed by atoms with van der Waals surface area (Å²) in [4.78, 5) is 33.5. The van der Waals surface area contributed by atoms with Crippen LogP contribution in [0.25, 0.3) is 11.8 Å². The van der Waals surface area contributed by atoms with Gasteiger partial charge in [0.1, 0.15) is 17.5 Å². The second-order valence-corrected chi connectivity index (χ2v) is 10.0. The lowest BCUT2D eigenvalue weighted by Gasteiger charge is -2.24. The van der Waals surface area contributed by atoms with Gasteiger partial charge in [0, 0.05) is 16.0 Å². The lowest BCUT2D eigenvalue weighted by Crippen LogP contribution is -2.39. The number of thiophene rings is 1. The molecule has 1 aliphatic rings. The average Bonchev–Trinajstić information content (AvgIpc) is 3.57. The van der Waals surface area contributed by atoms with E-state index in [1.54, 1.807) is 43.9 Å². The fourth-order valence-corrected chi connectivity index (χ4v) is 6.07. The molecule has 9 heteroatoms. The molecule has 2 aromatic heterocycles. The second-order valence-electron chi connectivity index (χ2n) is 8.05. The number of carbonyl (C=O) groups excluding carboxylic acids is 1. The number of hydrogen-bond acceptors (Lipinski definition) is 8. The minimum absolute atomic E-state index is 0.210. The number of thiazole rings is 1. The first-order chi connectivity index (χ1) is 18.0. The molecule has 0 radical (unpaired) electrons. The molecule has 0 amide bonds. The Labute approximate surface area is 221 Å². The smallest absolute Gasteiger partial charge is 0.338 e. The highest BCUT2D eigenvalue weighted by Crippen LogP contribution is 2.36. The van der Waals surface area contributed by atoms with Crippen molar-refractivity contribution in [2.45, 2.75) is 13.0 Å². The van der Waals surface area contributed by atoms with Gasteiger partial charge in [0.05, 0.1) is 36.6 Å². The molecule has 37 heavy (non-hydrogen) atoms. The quantitative estimate of drug-likeness (QED) is 0.336. The molecule has 4 aromatic rings. The van der Waals surface area contributed by atoms with Gasteiger partial charge in [-0.2, -0.15) is 0 Å². The molecule has 0 bridgehead atoms. The van der Waals surface area contributed by atoms with Crippen LogP contribution < -0.4 is 24.4 Å². The van der Waals surface area contributed by atoms with Gasteiger partial charge in [0.25, 0.3) is 5.56 Å². The van der Waals surface area contributed by atoms with Crippen LogP contribution in [0.5, 0.6) is 11.5 Å². The van der Waals surface area contributed by atoms with Crippen LogP contribution in [0.3, 0.4) is 0 Å². The van der Waals surface area contributed by atoms with E-state index in [0.29, 0.717) is 37.7 Å². The number of nitrogens with zero attached hydrogens (tertiary/aromatic N) is 2. The molecule has 0 saturated carbocycles. The zero-order chi connectivity index (χ0) is 25.9. The fourth-order valence-electron chi connectivity index (χ4n) is 4.25. The Kier molecular flexibility index (Phi) is 7.07. The Morgan fingerprint density at radius 1 is 1.08 bits per heavy atom. The zero-order valence-corrected chi connectivity index (χ0v) is 22.1. The highest BCUT2D eigenvalue weighted by molar-refractivity contribution is 7.10. The van der Waals surface area contributed by atoms with Crippen molar-refractivity contribution in [1.82, 2.24) is 4.57 Å². The fraction of sp³-hybridized carbons (Fsp3) is 0.179. The van der Waals surface area contributed by atoms with Crippen LogP contribution in [0.4, 0.5) is 0 Å². The Morgan fingerprint density at radius 3 is 2.57 bits per heavy atom. The van der Waals surface area contributed by atoms with E-state index in [9.17, 15) is 9.59 Å². The van der Waals surface area contributed by atoms with Crippen molar-refractivity contribution in [3.05, 3.63) is 107 Å². The van der Waals surface area contributed by atoms with Gasteiger partial charge in [-0.15, -0.1) is 11.3 Å². The Bertz CT molecular complexity index is 1650. The van der Waals surface area contributed by atoms with Crippen molar-refractivity contribution in [3.63, 3.8) is 0 Å². The van der Waals surface area contributed by atoms with E-state index in [1.165, 1.54) is 22.7 Å². The summed E-state index contributed by atoms with van der Waals surface area (Å²) < 4.78 is 18.4. The average molecular weight is 533 g/mol. The summed E-state index contributed by atoms with van der Waals surface area (Å²) in [6.45, 7) is 1.97. The van der Waals surface area contributed by atoms with Crippen LogP contribution in [-0.4, -0.2) is 31.4 Å². The lowest BCUT2D eigenvalue weighted by atomic mass is 9.97. The zero-order valence-electron chi connectivity index (χ0n) is 20.5. The molecule has 0 N–H and O–H groups in total. The molecule has 1 atom stereocenters. The van der Waals surface area contributed by atoms with Crippen LogP contribution in [0.2, 0.25) is 0 Å². The summed E-state index contributed by atoms with van der Waals surface area (Å²) in [5.74, 6) is 0.762. The third kappa shape index (κ3) is 4.63. The van der Waals surface area contributed by atoms with Gasteiger partial charge in [0.2, 0.25) is 0 Å². The number of rotatable bonds is 7. The number of carbonyl (C=O) groups is 1. The second kappa shape index (κ2) is 10.6. The normalized spacial score (nSPS) is 15.2. The van der Waals surface area contributed by atoms with Crippen molar-refractivity contribution in [3.8, 4) is 11.5 Å². The lowest BCUT2D eigenvalue weighted by molar-refractivity contribution is -0.138. The van der Waals surface area contributed by atoms with Crippen molar-refractivity contribution in [2.75, 3.05) is 20.8 Å². The Morgan fingerprint density at radius 2 is 1.89 bits per heavy atom.